The first-order chi connectivity index (χ1) is 7.53. The van der Waals surface area contributed by atoms with E-state index in [2.05, 4.69) is 5.32 Å². The highest BCUT2D eigenvalue weighted by Crippen LogP contribution is 2.24. The van der Waals surface area contributed by atoms with Crippen molar-refractivity contribution < 1.29 is 9.90 Å². The highest BCUT2D eigenvalue weighted by atomic mass is 16.3. The van der Waals surface area contributed by atoms with Crippen molar-refractivity contribution in [1.29, 1.82) is 0 Å². The molecule has 0 saturated carbocycles. The topological polar surface area (TPSA) is 52.6 Å². The van der Waals surface area contributed by atoms with Gasteiger partial charge in [0.2, 0.25) is 5.91 Å². The van der Waals surface area contributed by atoms with Gasteiger partial charge in [0.15, 0.2) is 0 Å². The number of aliphatic hydroxyl groups excluding tert-OH is 1. The molecule has 0 aromatic carbocycles. The van der Waals surface area contributed by atoms with Crippen LogP contribution in [-0.2, 0) is 4.79 Å². The molecule has 4 nitrogen and oxygen atoms in total. The Balaban J connectivity index is 2.00. The Labute approximate surface area is 97.0 Å². The van der Waals surface area contributed by atoms with Gasteiger partial charge in [0, 0.05) is 13.1 Å². The Morgan fingerprint density at radius 2 is 2.31 bits per heavy atom. The smallest absolute Gasteiger partial charge is 0.242 e. The SMILES string of the molecule is CC1CCN(C(=O)C2(C)CCCN2)CC1O. The van der Waals surface area contributed by atoms with Crippen molar-refractivity contribution in [1.82, 2.24) is 10.2 Å². The van der Waals surface area contributed by atoms with Crippen LogP contribution in [0.4, 0.5) is 0 Å². The standard InChI is InChI=1S/C12H22N2O2/c1-9-4-7-14(8-10(9)15)11(16)12(2)5-3-6-13-12/h9-10,13,15H,3-8H2,1-2H3. The summed E-state index contributed by atoms with van der Waals surface area (Å²) < 4.78 is 0. The predicted octanol–water partition coefficient (Wildman–Crippen LogP) is 0.358. The van der Waals surface area contributed by atoms with E-state index in [0.717, 1.165) is 32.4 Å². The average Bonchev–Trinajstić information content (AvgIpc) is 2.70. The number of carbonyl (C=O) groups is 1. The minimum absolute atomic E-state index is 0.163. The molecule has 0 aliphatic carbocycles. The van der Waals surface area contributed by atoms with Crippen molar-refractivity contribution >= 4 is 5.91 Å². The van der Waals surface area contributed by atoms with Gasteiger partial charge in [0.05, 0.1) is 11.6 Å². The van der Waals surface area contributed by atoms with Crippen LogP contribution in [0.25, 0.3) is 0 Å². The monoisotopic (exact) mass is 226 g/mol. The van der Waals surface area contributed by atoms with Gasteiger partial charge in [0.1, 0.15) is 0 Å². The van der Waals surface area contributed by atoms with Gasteiger partial charge in [-0.3, -0.25) is 4.79 Å². The summed E-state index contributed by atoms with van der Waals surface area (Å²) >= 11 is 0. The molecular formula is C12H22N2O2. The van der Waals surface area contributed by atoms with Crippen molar-refractivity contribution in [2.24, 2.45) is 5.92 Å². The van der Waals surface area contributed by atoms with Crippen LogP contribution in [-0.4, -0.2) is 47.2 Å². The van der Waals surface area contributed by atoms with Crippen molar-refractivity contribution in [3.05, 3.63) is 0 Å². The maximum atomic E-state index is 12.3. The molecule has 2 heterocycles. The molecule has 2 aliphatic heterocycles. The molecule has 2 fully saturated rings. The van der Waals surface area contributed by atoms with Crippen molar-refractivity contribution in [3.8, 4) is 0 Å². The van der Waals surface area contributed by atoms with Gasteiger partial charge in [-0.15, -0.1) is 0 Å². The third kappa shape index (κ3) is 2.09. The summed E-state index contributed by atoms with van der Waals surface area (Å²) in [6.45, 7) is 6.23. The number of carbonyl (C=O) groups excluding carboxylic acids is 1. The summed E-state index contributed by atoms with van der Waals surface area (Å²) in [6.07, 6.45) is 2.52. The molecule has 0 aromatic rings. The molecule has 2 aliphatic rings. The fourth-order valence-electron chi connectivity index (χ4n) is 2.66. The Hall–Kier alpha value is -0.610. The maximum Gasteiger partial charge on any atom is 0.242 e. The first-order valence-corrected chi connectivity index (χ1v) is 6.25. The van der Waals surface area contributed by atoms with Crippen LogP contribution in [0.5, 0.6) is 0 Å². The van der Waals surface area contributed by atoms with Crippen LogP contribution in [0.15, 0.2) is 0 Å². The third-order valence-corrected chi connectivity index (χ3v) is 4.05. The van der Waals surface area contributed by atoms with E-state index in [-0.39, 0.29) is 17.6 Å². The molecule has 3 unspecified atom stereocenters. The van der Waals surface area contributed by atoms with Crippen LogP contribution >= 0.6 is 0 Å². The van der Waals surface area contributed by atoms with E-state index < -0.39 is 0 Å². The van der Waals surface area contributed by atoms with Crippen LogP contribution in [0, 0.1) is 5.92 Å². The molecular weight excluding hydrogens is 204 g/mol. The van der Waals surface area contributed by atoms with Gasteiger partial charge in [-0.25, -0.2) is 0 Å². The maximum absolute atomic E-state index is 12.3. The van der Waals surface area contributed by atoms with E-state index in [1.807, 2.05) is 18.7 Å². The number of nitrogens with one attached hydrogen (secondary N) is 1. The van der Waals surface area contributed by atoms with E-state index in [1.165, 1.54) is 0 Å². The minimum Gasteiger partial charge on any atom is -0.391 e. The van der Waals surface area contributed by atoms with Gasteiger partial charge in [0.25, 0.3) is 0 Å². The molecule has 0 aromatic heterocycles. The lowest BCUT2D eigenvalue weighted by molar-refractivity contribution is -0.141. The summed E-state index contributed by atoms with van der Waals surface area (Å²) in [5.74, 6) is 0.476. The molecule has 0 radical (unpaired) electrons. The van der Waals surface area contributed by atoms with Gasteiger partial charge in [-0.2, -0.15) is 0 Å². The fraction of sp³-hybridized carbons (Fsp3) is 0.917. The lowest BCUT2D eigenvalue weighted by Crippen LogP contribution is -2.56. The summed E-state index contributed by atoms with van der Waals surface area (Å²) in [4.78, 5) is 14.1. The van der Waals surface area contributed by atoms with Gasteiger partial charge >= 0.3 is 0 Å². The Morgan fingerprint density at radius 3 is 2.88 bits per heavy atom. The molecule has 0 spiro atoms. The van der Waals surface area contributed by atoms with Gasteiger partial charge < -0.3 is 15.3 Å². The first kappa shape index (κ1) is 11.9. The molecule has 2 rings (SSSR count). The van der Waals surface area contributed by atoms with E-state index in [1.54, 1.807) is 0 Å². The molecule has 1 amide bonds. The summed E-state index contributed by atoms with van der Waals surface area (Å²) in [5.41, 5.74) is -0.389. The summed E-state index contributed by atoms with van der Waals surface area (Å²) in [7, 11) is 0. The normalized spacial score (nSPS) is 40.1. The predicted molar refractivity (Wildman–Crippen MR) is 62.0 cm³/mol. The number of β-amino-alcohol motifs (C(OH)–C–C–N with tert-alkyl or cyclic N) is 1. The first-order valence-electron chi connectivity index (χ1n) is 6.25. The highest BCUT2D eigenvalue weighted by molar-refractivity contribution is 5.86. The van der Waals surface area contributed by atoms with Crippen LogP contribution in [0.3, 0.4) is 0 Å². The average molecular weight is 226 g/mol. The number of piperidine rings is 1. The molecule has 4 heteroatoms. The summed E-state index contributed by atoms with van der Waals surface area (Å²) in [6, 6.07) is 0. The molecule has 0 bridgehead atoms. The number of nitrogens with zero attached hydrogens (tertiary/aromatic N) is 1. The van der Waals surface area contributed by atoms with E-state index in [9.17, 15) is 9.90 Å². The Kier molecular flexibility index (Phi) is 3.22. The second-order valence-electron chi connectivity index (χ2n) is 5.45. The number of aliphatic hydroxyl groups is 1. The molecule has 3 atom stereocenters. The lowest BCUT2D eigenvalue weighted by atomic mass is 9.92. The lowest BCUT2D eigenvalue weighted by Gasteiger charge is -2.38. The van der Waals surface area contributed by atoms with Gasteiger partial charge in [-0.1, -0.05) is 6.92 Å². The Bertz CT molecular complexity index is 274. The summed E-state index contributed by atoms with van der Waals surface area (Å²) in [5, 5.41) is 13.1. The van der Waals surface area contributed by atoms with Crippen LogP contribution in [0.1, 0.15) is 33.1 Å². The zero-order chi connectivity index (χ0) is 11.8. The zero-order valence-corrected chi connectivity index (χ0v) is 10.2. The number of hydrogen-bond donors (Lipinski definition) is 2. The number of rotatable bonds is 1. The van der Waals surface area contributed by atoms with Gasteiger partial charge in [-0.05, 0) is 38.6 Å². The highest BCUT2D eigenvalue weighted by Gasteiger charge is 2.40. The second kappa shape index (κ2) is 4.34. The van der Waals surface area contributed by atoms with Crippen molar-refractivity contribution in [2.75, 3.05) is 19.6 Å². The fourth-order valence-corrected chi connectivity index (χ4v) is 2.66. The second-order valence-corrected chi connectivity index (χ2v) is 5.45. The number of amides is 1. The van der Waals surface area contributed by atoms with Crippen molar-refractivity contribution in [2.45, 2.75) is 44.8 Å². The Morgan fingerprint density at radius 1 is 1.56 bits per heavy atom. The number of likely N-dealkylation sites (tertiary alicyclic amines) is 1. The zero-order valence-electron chi connectivity index (χ0n) is 10.2. The van der Waals surface area contributed by atoms with Crippen LogP contribution < -0.4 is 5.32 Å². The minimum atomic E-state index is -0.389. The molecule has 16 heavy (non-hydrogen) atoms. The molecule has 2 N–H and O–H groups in total. The largest absolute Gasteiger partial charge is 0.391 e. The molecule has 92 valence electrons. The third-order valence-electron chi connectivity index (χ3n) is 4.05. The quantitative estimate of drug-likeness (QED) is 0.678. The van der Waals surface area contributed by atoms with E-state index >= 15 is 0 Å². The number of hydrogen-bond acceptors (Lipinski definition) is 3. The van der Waals surface area contributed by atoms with E-state index in [0.29, 0.717) is 12.5 Å². The van der Waals surface area contributed by atoms with Crippen LogP contribution in [0.2, 0.25) is 0 Å². The van der Waals surface area contributed by atoms with E-state index in [4.69, 9.17) is 0 Å². The molecule has 2 saturated heterocycles. The van der Waals surface area contributed by atoms with Crippen molar-refractivity contribution in [3.63, 3.8) is 0 Å².